The summed E-state index contributed by atoms with van der Waals surface area (Å²) in [5.74, 6) is -0.221. The summed E-state index contributed by atoms with van der Waals surface area (Å²) in [7, 11) is 1.58. The fraction of sp³-hybridized carbons (Fsp3) is 0.333. The lowest BCUT2D eigenvalue weighted by Gasteiger charge is -2.21. The summed E-state index contributed by atoms with van der Waals surface area (Å²) >= 11 is 11.7. The third-order valence-electron chi connectivity index (χ3n) is 2.25. The van der Waals surface area contributed by atoms with Gasteiger partial charge in [0.15, 0.2) is 0 Å². The van der Waals surface area contributed by atoms with E-state index in [0.717, 1.165) is 0 Å². The van der Waals surface area contributed by atoms with Crippen LogP contribution in [-0.2, 0) is 4.74 Å². The molecule has 0 atom stereocenters. The zero-order valence-corrected chi connectivity index (χ0v) is 11.5. The molecule has 0 saturated carbocycles. The Balaban J connectivity index is 2.93. The summed E-state index contributed by atoms with van der Waals surface area (Å²) in [5, 5.41) is 0.504. The van der Waals surface area contributed by atoms with Crippen LogP contribution in [0.3, 0.4) is 0 Å². The number of nitrogens with zero attached hydrogens (tertiary/aromatic N) is 2. The first-order valence-electron chi connectivity index (χ1n) is 5.30. The number of ether oxygens (including phenoxy) is 1. The molecule has 0 spiro atoms. The minimum absolute atomic E-state index is 0.221. The van der Waals surface area contributed by atoms with Crippen molar-refractivity contribution >= 4 is 29.1 Å². The lowest BCUT2D eigenvalue weighted by atomic mass is 10.2. The Morgan fingerprint density at radius 3 is 2.94 bits per heavy atom. The number of aromatic nitrogens is 1. The van der Waals surface area contributed by atoms with E-state index in [1.54, 1.807) is 18.1 Å². The molecule has 1 rings (SSSR count). The van der Waals surface area contributed by atoms with Crippen LogP contribution in [0.5, 0.6) is 0 Å². The largest absolute Gasteiger partial charge is 0.383 e. The van der Waals surface area contributed by atoms with Crippen LogP contribution < -0.4 is 0 Å². The van der Waals surface area contributed by atoms with E-state index in [9.17, 15) is 4.79 Å². The molecule has 18 heavy (non-hydrogen) atoms. The number of methoxy groups -OCH3 is 1. The monoisotopic (exact) mass is 288 g/mol. The molecule has 1 amide bonds. The Morgan fingerprint density at radius 2 is 2.33 bits per heavy atom. The molecule has 1 heterocycles. The van der Waals surface area contributed by atoms with Gasteiger partial charge in [-0.1, -0.05) is 29.3 Å². The second-order valence-electron chi connectivity index (χ2n) is 3.52. The molecule has 0 aliphatic carbocycles. The Kier molecular flexibility index (Phi) is 6.12. The van der Waals surface area contributed by atoms with Crippen molar-refractivity contribution in [3.8, 4) is 0 Å². The van der Waals surface area contributed by atoms with Crippen molar-refractivity contribution in [3.05, 3.63) is 40.7 Å². The molecule has 0 saturated heterocycles. The van der Waals surface area contributed by atoms with Crippen LogP contribution in [0, 0.1) is 0 Å². The maximum atomic E-state index is 12.3. The first-order valence-corrected chi connectivity index (χ1v) is 6.06. The van der Waals surface area contributed by atoms with Gasteiger partial charge in [-0.2, -0.15) is 0 Å². The summed E-state index contributed by atoms with van der Waals surface area (Å²) in [5.41, 5.74) is 0.328. The summed E-state index contributed by atoms with van der Waals surface area (Å²) in [6.07, 6.45) is 3.00. The SMILES string of the molecule is C=CCN(CCOC)C(=O)c1cc(Cl)ncc1Cl. The van der Waals surface area contributed by atoms with Gasteiger partial charge in [-0.3, -0.25) is 4.79 Å². The van der Waals surface area contributed by atoms with Crippen molar-refractivity contribution < 1.29 is 9.53 Å². The predicted molar refractivity (Wildman–Crippen MR) is 72.2 cm³/mol. The molecule has 1 aromatic rings. The maximum absolute atomic E-state index is 12.3. The third-order valence-corrected chi connectivity index (χ3v) is 2.76. The van der Waals surface area contributed by atoms with E-state index >= 15 is 0 Å². The smallest absolute Gasteiger partial charge is 0.255 e. The molecular weight excluding hydrogens is 275 g/mol. The molecule has 6 heteroatoms. The summed E-state index contributed by atoms with van der Waals surface area (Å²) in [6, 6.07) is 1.45. The molecule has 0 radical (unpaired) electrons. The summed E-state index contributed by atoms with van der Waals surface area (Å²) in [4.78, 5) is 17.6. The third kappa shape index (κ3) is 3.98. The van der Waals surface area contributed by atoms with Gasteiger partial charge in [-0.25, -0.2) is 4.98 Å². The van der Waals surface area contributed by atoms with E-state index < -0.39 is 0 Å². The lowest BCUT2D eigenvalue weighted by molar-refractivity contribution is 0.0718. The van der Waals surface area contributed by atoms with Crippen LogP contribution in [0.15, 0.2) is 24.9 Å². The predicted octanol–water partition coefficient (Wildman–Crippen LogP) is 2.66. The molecule has 0 N–H and O–H groups in total. The molecule has 98 valence electrons. The quantitative estimate of drug-likeness (QED) is 0.597. The average Bonchev–Trinajstić information content (AvgIpc) is 2.36. The van der Waals surface area contributed by atoms with Crippen molar-refractivity contribution in [2.75, 3.05) is 26.8 Å². The highest BCUT2D eigenvalue weighted by Gasteiger charge is 2.18. The van der Waals surface area contributed by atoms with Crippen molar-refractivity contribution in [2.24, 2.45) is 0 Å². The summed E-state index contributed by atoms with van der Waals surface area (Å²) < 4.78 is 4.96. The normalized spacial score (nSPS) is 10.2. The molecule has 0 bridgehead atoms. The number of rotatable bonds is 6. The number of hydrogen-bond acceptors (Lipinski definition) is 3. The van der Waals surface area contributed by atoms with E-state index in [0.29, 0.717) is 25.3 Å². The van der Waals surface area contributed by atoms with Gasteiger partial charge in [0.2, 0.25) is 0 Å². The highest BCUT2D eigenvalue weighted by molar-refractivity contribution is 6.35. The van der Waals surface area contributed by atoms with Gasteiger partial charge in [0, 0.05) is 26.4 Å². The van der Waals surface area contributed by atoms with Gasteiger partial charge in [0.05, 0.1) is 17.2 Å². The molecule has 0 aliphatic heterocycles. The van der Waals surface area contributed by atoms with Gasteiger partial charge in [-0.05, 0) is 6.07 Å². The van der Waals surface area contributed by atoms with E-state index in [2.05, 4.69) is 11.6 Å². The highest BCUT2D eigenvalue weighted by atomic mass is 35.5. The minimum atomic E-state index is -0.221. The standard InChI is InChI=1S/C12H14Cl2N2O2/c1-3-4-16(5-6-18-2)12(17)9-7-11(14)15-8-10(9)13/h3,7-8H,1,4-6H2,2H3. The first kappa shape index (κ1) is 15.0. The fourth-order valence-electron chi connectivity index (χ4n) is 1.38. The second-order valence-corrected chi connectivity index (χ2v) is 4.31. The maximum Gasteiger partial charge on any atom is 0.255 e. The van der Waals surface area contributed by atoms with Crippen LogP contribution in [0.2, 0.25) is 10.2 Å². The molecular formula is C12H14Cl2N2O2. The van der Waals surface area contributed by atoms with Gasteiger partial charge < -0.3 is 9.64 Å². The van der Waals surface area contributed by atoms with Crippen LogP contribution in [0.1, 0.15) is 10.4 Å². The van der Waals surface area contributed by atoms with Crippen molar-refractivity contribution in [2.45, 2.75) is 0 Å². The Morgan fingerprint density at radius 1 is 1.61 bits per heavy atom. The van der Waals surface area contributed by atoms with Crippen LogP contribution in [-0.4, -0.2) is 42.6 Å². The Hall–Kier alpha value is -1.10. The zero-order valence-electron chi connectivity index (χ0n) is 10.0. The Bertz CT molecular complexity index is 438. The molecule has 4 nitrogen and oxygen atoms in total. The second kappa shape index (κ2) is 7.36. The van der Waals surface area contributed by atoms with E-state index in [1.165, 1.54) is 12.3 Å². The molecule has 0 unspecified atom stereocenters. The van der Waals surface area contributed by atoms with Crippen LogP contribution >= 0.6 is 23.2 Å². The highest BCUT2D eigenvalue weighted by Crippen LogP contribution is 2.19. The van der Waals surface area contributed by atoms with Gasteiger partial charge in [0.1, 0.15) is 5.15 Å². The van der Waals surface area contributed by atoms with Crippen LogP contribution in [0.25, 0.3) is 0 Å². The van der Waals surface area contributed by atoms with E-state index in [4.69, 9.17) is 27.9 Å². The fourth-order valence-corrected chi connectivity index (χ4v) is 1.72. The number of carbonyl (C=O) groups is 1. The van der Waals surface area contributed by atoms with Crippen LogP contribution in [0.4, 0.5) is 0 Å². The number of amides is 1. The molecule has 1 aromatic heterocycles. The number of pyridine rings is 1. The average molecular weight is 289 g/mol. The summed E-state index contributed by atoms with van der Waals surface area (Å²) in [6.45, 7) is 4.93. The van der Waals surface area contributed by atoms with E-state index in [1.807, 2.05) is 0 Å². The topological polar surface area (TPSA) is 42.4 Å². The zero-order chi connectivity index (χ0) is 13.5. The first-order chi connectivity index (χ1) is 8.60. The van der Waals surface area contributed by atoms with Crippen molar-refractivity contribution in [1.82, 2.24) is 9.88 Å². The van der Waals surface area contributed by atoms with Gasteiger partial charge in [-0.15, -0.1) is 6.58 Å². The Labute approximate surface area is 116 Å². The van der Waals surface area contributed by atoms with Crippen molar-refractivity contribution in [3.63, 3.8) is 0 Å². The molecule has 0 aliphatic rings. The van der Waals surface area contributed by atoms with Gasteiger partial charge in [0.25, 0.3) is 5.91 Å². The minimum Gasteiger partial charge on any atom is -0.383 e. The lowest BCUT2D eigenvalue weighted by Crippen LogP contribution is -2.34. The molecule has 0 aromatic carbocycles. The number of carbonyl (C=O) groups excluding carboxylic acids is 1. The van der Waals surface area contributed by atoms with Crippen molar-refractivity contribution in [1.29, 1.82) is 0 Å². The molecule has 0 fully saturated rings. The van der Waals surface area contributed by atoms with Gasteiger partial charge >= 0.3 is 0 Å². The van der Waals surface area contributed by atoms with E-state index in [-0.39, 0.29) is 16.1 Å². The number of halogens is 2. The number of hydrogen-bond donors (Lipinski definition) is 0.